The van der Waals surface area contributed by atoms with Crippen LogP contribution in [0.5, 0.6) is 0 Å². The molecule has 3 rings (SSSR count). The van der Waals surface area contributed by atoms with Crippen LogP contribution in [0.15, 0.2) is 29.4 Å². The van der Waals surface area contributed by atoms with Gasteiger partial charge in [0.15, 0.2) is 0 Å². The highest BCUT2D eigenvalue weighted by atomic mass is 16.2. The molecule has 1 heterocycles. The molecular weight excluding hydrogens is 224 g/mol. The number of amides is 1. The lowest BCUT2D eigenvalue weighted by Crippen LogP contribution is -2.43. The van der Waals surface area contributed by atoms with Gasteiger partial charge in [-0.3, -0.25) is 4.79 Å². The standard InChI is InChI=1S/C15H18N2O/c1-10-6-8-11(9-7-10)14-12-4-2-3-5-13(12)15(18)17-16-14/h6-9,12-13H,2-5H2,1H3,(H,17,18)/t12-,13-/m0/s1. The van der Waals surface area contributed by atoms with E-state index in [2.05, 4.69) is 41.7 Å². The topological polar surface area (TPSA) is 41.5 Å². The van der Waals surface area contributed by atoms with Gasteiger partial charge in [0, 0.05) is 11.8 Å². The average molecular weight is 242 g/mol. The highest BCUT2D eigenvalue weighted by Gasteiger charge is 2.37. The fourth-order valence-corrected chi connectivity index (χ4v) is 3.06. The number of nitrogens with zero attached hydrogens (tertiary/aromatic N) is 1. The van der Waals surface area contributed by atoms with Gasteiger partial charge in [-0.2, -0.15) is 5.10 Å². The number of benzene rings is 1. The molecule has 0 aromatic heterocycles. The van der Waals surface area contributed by atoms with Gasteiger partial charge in [0.25, 0.3) is 0 Å². The molecule has 1 N–H and O–H groups in total. The van der Waals surface area contributed by atoms with Crippen LogP contribution in [-0.2, 0) is 4.79 Å². The molecular formula is C15H18N2O. The minimum atomic E-state index is 0.107. The molecule has 0 radical (unpaired) electrons. The first-order valence-electron chi connectivity index (χ1n) is 6.70. The number of hydrogen-bond acceptors (Lipinski definition) is 2. The molecule has 0 bridgehead atoms. The van der Waals surface area contributed by atoms with Crippen LogP contribution in [0, 0.1) is 18.8 Å². The van der Waals surface area contributed by atoms with E-state index in [1.807, 2.05) is 0 Å². The number of carbonyl (C=O) groups is 1. The maximum absolute atomic E-state index is 11.8. The minimum Gasteiger partial charge on any atom is -0.273 e. The average Bonchev–Trinajstić information content (AvgIpc) is 2.41. The van der Waals surface area contributed by atoms with E-state index in [1.54, 1.807) is 0 Å². The predicted octanol–water partition coefficient (Wildman–Crippen LogP) is 2.64. The highest BCUT2D eigenvalue weighted by molar-refractivity contribution is 6.06. The molecule has 3 heteroatoms. The van der Waals surface area contributed by atoms with Crippen molar-refractivity contribution in [2.75, 3.05) is 0 Å². The van der Waals surface area contributed by atoms with Crippen LogP contribution in [0.25, 0.3) is 0 Å². The Kier molecular flexibility index (Phi) is 2.90. The Labute approximate surface area is 107 Å². The lowest BCUT2D eigenvalue weighted by molar-refractivity contribution is -0.127. The first-order valence-corrected chi connectivity index (χ1v) is 6.70. The summed E-state index contributed by atoms with van der Waals surface area (Å²) < 4.78 is 0. The van der Waals surface area contributed by atoms with Crippen LogP contribution in [0.3, 0.4) is 0 Å². The van der Waals surface area contributed by atoms with Gasteiger partial charge < -0.3 is 0 Å². The molecule has 2 aliphatic rings. The van der Waals surface area contributed by atoms with Crippen LogP contribution in [0.4, 0.5) is 0 Å². The third kappa shape index (κ3) is 1.94. The molecule has 94 valence electrons. The third-order valence-corrected chi connectivity index (χ3v) is 4.09. The molecule has 0 saturated heterocycles. The van der Waals surface area contributed by atoms with Gasteiger partial charge in [-0.25, -0.2) is 5.43 Å². The summed E-state index contributed by atoms with van der Waals surface area (Å²) >= 11 is 0. The number of nitrogens with one attached hydrogen (secondary N) is 1. The number of hydrazone groups is 1. The van der Waals surface area contributed by atoms with E-state index >= 15 is 0 Å². The van der Waals surface area contributed by atoms with Gasteiger partial charge in [0.1, 0.15) is 0 Å². The Bertz CT molecular complexity index is 490. The molecule has 1 aromatic rings. The smallest absolute Gasteiger partial charge is 0.243 e. The molecule has 2 atom stereocenters. The Hall–Kier alpha value is -1.64. The van der Waals surface area contributed by atoms with E-state index < -0.39 is 0 Å². The highest BCUT2D eigenvalue weighted by Crippen LogP contribution is 2.34. The van der Waals surface area contributed by atoms with Gasteiger partial charge >= 0.3 is 0 Å². The Morgan fingerprint density at radius 2 is 1.78 bits per heavy atom. The van der Waals surface area contributed by atoms with E-state index in [9.17, 15) is 4.79 Å². The van der Waals surface area contributed by atoms with E-state index in [-0.39, 0.29) is 11.8 Å². The molecule has 1 aromatic carbocycles. The van der Waals surface area contributed by atoms with Crippen molar-refractivity contribution in [1.82, 2.24) is 5.43 Å². The minimum absolute atomic E-state index is 0.107. The van der Waals surface area contributed by atoms with Crippen LogP contribution in [0.1, 0.15) is 36.8 Å². The normalized spacial score (nSPS) is 27.2. The first kappa shape index (κ1) is 11.5. The summed E-state index contributed by atoms with van der Waals surface area (Å²) in [5.74, 6) is 0.554. The van der Waals surface area contributed by atoms with Gasteiger partial charge in [-0.15, -0.1) is 0 Å². The molecule has 1 saturated carbocycles. The monoisotopic (exact) mass is 242 g/mol. The second-order valence-corrected chi connectivity index (χ2v) is 5.34. The lowest BCUT2D eigenvalue weighted by atomic mass is 9.74. The van der Waals surface area contributed by atoms with Crippen LogP contribution < -0.4 is 5.43 Å². The van der Waals surface area contributed by atoms with E-state index in [0.717, 1.165) is 30.5 Å². The van der Waals surface area contributed by atoms with Crippen molar-refractivity contribution in [3.05, 3.63) is 35.4 Å². The van der Waals surface area contributed by atoms with Crippen molar-refractivity contribution in [3.63, 3.8) is 0 Å². The summed E-state index contributed by atoms with van der Waals surface area (Å²) in [4.78, 5) is 11.8. The number of rotatable bonds is 1. The number of aryl methyl sites for hydroxylation is 1. The fourth-order valence-electron chi connectivity index (χ4n) is 3.06. The molecule has 3 nitrogen and oxygen atoms in total. The molecule has 1 fully saturated rings. The molecule has 1 amide bonds. The summed E-state index contributed by atoms with van der Waals surface area (Å²) in [5.41, 5.74) is 6.16. The Balaban J connectivity index is 1.95. The van der Waals surface area contributed by atoms with Crippen molar-refractivity contribution in [3.8, 4) is 0 Å². The SMILES string of the molecule is Cc1ccc(C2=NNC(=O)[C@H]3CCCC[C@H]23)cc1. The first-order chi connectivity index (χ1) is 8.75. The zero-order valence-electron chi connectivity index (χ0n) is 10.6. The molecule has 1 aliphatic heterocycles. The van der Waals surface area contributed by atoms with Gasteiger partial charge in [0.2, 0.25) is 5.91 Å². The van der Waals surface area contributed by atoms with E-state index in [1.165, 1.54) is 12.0 Å². The molecule has 0 unspecified atom stereocenters. The summed E-state index contributed by atoms with van der Waals surface area (Å²) in [7, 11) is 0. The predicted molar refractivity (Wildman–Crippen MR) is 71.3 cm³/mol. The zero-order chi connectivity index (χ0) is 12.5. The summed E-state index contributed by atoms with van der Waals surface area (Å²) in [5, 5.41) is 4.31. The quantitative estimate of drug-likeness (QED) is 0.808. The molecule has 18 heavy (non-hydrogen) atoms. The van der Waals surface area contributed by atoms with Crippen molar-refractivity contribution >= 4 is 11.6 Å². The van der Waals surface area contributed by atoms with Crippen LogP contribution >= 0.6 is 0 Å². The summed E-state index contributed by atoms with van der Waals surface area (Å²) in [6, 6.07) is 8.42. The van der Waals surface area contributed by atoms with E-state index in [4.69, 9.17) is 0 Å². The van der Waals surface area contributed by atoms with Crippen LogP contribution in [0.2, 0.25) is 0 Å². The van der Waals surface area contributed by atoms with Gasteiger partial charge in [0.05, 0.1) is 5.71 Å². The van der Waals surface area contributed by atoms with Crippen LogP contribution in [-0.4, -0.2) is 11.6 Å². The Morgan fingerprint density at radius 3 is 2.50 bits per heavy atom. The third-order valence-electron chi connectivity index (χ3n) is 4.09. The molecule has 1 aliphatic carbocycles. The lowest BCUT2D eigenvalue weighted by Gasteiger charge is -2.34. The van der Waals surface area contributed by atoms with Crippen molar-refractivity contribution < 1.29 is 4.79 Å². The van der Waals surface area contributed by atoms with Gasteiger partial charge in [-0.1, -0.05) is 42.7 Å². The van der Waals surface area contributed by atoms with Crippen molar-refractivity contribution in [2.24, 2.45) is 16.9 Å². The van der Waals surface area contributed by atoms with Crippen molar-refractivity contribution in [2.45, 2.75) is 32.6 Å². The largest absolute Gasteiger partial charge is 0.273 e. The van der Waals surface area contributed by atoms with Gasteiger partial charge in [-0.05, 0) is 25.3 Å². The number of fused-ring (bicyclic) bond motifs is 1. The second kappa shape index (κ2) is 4.56. The maximum atomic E-state index is 11.8. The summed E-state index contributed by atoms with van der Waals surface area (Å²) in [6.45, 7) is 2.08. The Morgan fingerprint density at radius 1 is 1.11 bits per heavy atom. The zero-order valence-corrected chi connectivity index (χ0v) is 10.6. The molecule has 0 spiro atoms. The van der Waals surface area contributed by atoms with E-state index in [0.29, 0.717) is 5.92 Å². The van der Waals surface area contributed by atoms with Crippen molar-refractivity contribution in [1.29, 1.82) is 0 Å². The maximum Gasteiger partial charge on any atom is 0.243 e. The second-order valence-electron chi connectivity index (χ2n) is 5.34. The summed E-state index contributed by atoms with van der Waals surface area (Å²) in [6.07, 6.45) is 4.46. The fraction of sp³-hybridized carbons (Fsp3) is 0.467. The number of carbonyl (C=O) groups excluding carboxylic acids is 1. The number of hydrogen-bond donors (Lipinski definition) is 1.